The van der Waals surface area contributed by atoms with Crippen molar-refractivity contribution in [1.29, 1.82) is 0 Å². The molecule has 1 fully saturated rings. The van der Waals surface area contributed by atoms with Crippen molar-refractivity contribution in [3.63, 3.8) is 0 Å². The van der Waals surface area contributed by atoms with Crippen LogP contribution in [0, 0.1) is 6.92 Å². The van der Waals surface area contributed by atoms with E-state index in [0.717, 1.165) is 37.4 Å². The van der Waals surface area contributed by atoms with Gasteiger partial charge in [-0.2, -0.15) is 0 Å². The minimum absolute atomic E-state index is 0.451. The van der Waals surface area contributed by atoms with Crippen LogP contribution in [0.1, 0.15) is 5.56 Å². The van der Waals surface area contributed by atoms with Gasteiger partial charge in [0.15, 0.2) is 9.84 Å². The molecule has 0 saturated carbocycles. The summed E-state index contributed by atoms with van der Waals surface area (Å²) in [7, 11) is -1.09. The Labute approximate surface area is 109 Å². The van der Waals surface area contributed by atoms with Crippen molar-refractivity contribution in [3.05, 3.63) is 23.8 Å². The van der Waals surface area contributed by atoms with Crippen LogP contribution in [0.2, 0.25) is 0 Å². The van der Waals surface area contributed by atoms with Gasteiger partial charge in [-0.15, -0.1) is 0 Å². The number of sulfone groups is 1. The fourth-order valence-electron chi connectivity index (χ4n) is 2.23. The molecule has 2 rings (SSSR count). The van der Waals surface area contributed by atoms with Crippen molar-refractivity contribution in [2.75, 3.05) is 44.4 Å². The number of nitrogens with zero attached hydrogens (tertiary/aromatic N) is 2. The zero-order chi connectivity index (χ0) is 13.3. The van der Waals surface area contributed by atoms with E-state index >= 15 is 0 Å². The lowest BCUT2D eigenvalue weighted by Gasteiger charge is -2.35. The Kier molecular flexibility index (Phi) is 3.64. The second kappa shape index (κ2) is 4.90. The van der Waals surface area contributed by atoms with Crippen molar-refractivity contribution in [2.24, 2.45) is 0 Å². The summed E-state index contributed by atoms with van der Waals surface area (Å²) in [4.78, 5) is 4.87. The zero-order valence-electron chi connectivity index (χ0n) is 11.2. The summed E-state index contributed by atoms with van der Waals surface area (Å²) in [6.45, 7) is 5.61. The Morgan fingerprint density at radius 3 is 2.28 bits per heavy atom. The van der Waals surface area contributed by atoms with Gasteiger partial charge in [-0.05, 0) is 31.7 Å². The molecule has 18 heavy (non-hydrogen) atoms. The van der Waals surface area contributed by atoms with Crippen LogP contribution in [0.15, 0.2) is 23.1 Å². The lowest BCUT2D eigenvalue weighted by atomic mass is 10.2. The molecule has 0 radical (unpaired) electrons. The van der Waals surface area contributed by atoms with E-state index in [1.54, 1.807) is 6.07 Å². The molecule has 1 aromatic carbocycles. The normalized spacial score (nSPS) is 18.1. The summed E-state index contributed by atoms with van der Waals surface area (Å²) in [6, 6.07) is 5.67. The molecular weight excluding hydrogens is 248 g/mol. The van der Waals surface area contributed by atoms with E-state index in [4.69, 9.17) is 0 Å². The first kappa shape index (κ1) is 13.4. The van der Waals surface area contributed by atoms with Gasteiger partial charge in [-0.25, -0.2) is 8.42 Å². The van der Waals surface area contributed by atoms with Gasteiger partial charge >= 0.3 is 0 Å². The highest BCUT2D eigenvalue weighted by Gasteiger charge is 2.21. The molecule has 0 atom stereocenters. The highest BCUT2D eigenvalue weighted by molar-refractivity contribution is 7.90. The first-order valence-corrected chi connectivity index (χ1v) is 8.01. The fourth-order valence-corrected chi connectivity index (χ4v) is 3.20. The molecule has 0 spiro atoms. The highest BCUT2D eigenvalue weighted by Crippen LogP contribution is 2.27. The minimum atomic E-state index is -3.17. The van der Waals surface area contributed by atoms with Gasteiger partial charge in [0.05, 0.1) is 10.6 Å². The summed E-state index contributed by atoms with van der Waals surface area (Å²) in [5.41, 5.74) is 1.82. The van der Waals surface area contributed by atoms with Gasteiger partial charge in [0.2, 0.25) is 0 Å². The molecule has 0 N–H and O–H groups in total. The van der Waals surface area contributed by atoms with Crippen LogP contribution in [0.3, 0.4) is 0 Å². The molecule has 0 aliphatic carbocycles. The summed E-state index contributed by atoms with van der Waals surface area (Å²) in [5, 5.41) is 0. The highest BCUT2D eigenvalue weighted by atomic mass is 32.2. The van der Waals surface area contributed by atoms with E-state index in [1.165, 1.54) is 6.26 Å². The largest absolute Gasteiger partial charge is 0.368 e. The number of piperazine rings is 1. The summed E-state index contributed by atoms with van der Waals surface area (Å²) in [5.74, 6) is 0. The molecule has 4 nitrogen and oxygen atoms in total. The SMILES string of the molecule is Cc1ccc(N2CCN(C)CC2)c(S(C)(=O)=O)c1. The van der Waals surface area contributed by atoms with Crippen molar-refractivity contribution in [2.45, 2.75) is 11.8 Å². The van der Waals surface area contributed by atoms with E-state index < -0.39 is 9.84 Å². The number of rotatable bonds is 2. The van der Waals surface area contributed by atoms with Gasteiger partial charge in [0, 0.05) is 32.4 Å². The molecule has 1 aromatic rings. The van der Waals surface area contributed by atoms with Crippen LogP contribution in [-0.2, 0) is 9.84 Å². The molecular formula is C13H20N2O2S. The number of hydrogen-bond donors (Lipinski definition) is 0. The maximum Gasteiger partial charge on any atom is 0.177 e. The van der Waals surface area contributed by atoms with Crippen molar-refractivity contribution >= 4 is 15.5 Å². The predicted molar refractivity (Wildman–Crippen MR) is 74.0 cm³/mol. The Bertz CT molecular complexity index is 532. The third-order valence-electron chi connectivity index (χ3n) is 3.36. The Morgan fingerprint density at radius 1 is 1.11 bits per heavy atom. The second-order valence-electron chi connectivity index (χ2n) is 5.03. The topological polar surface area (TPSA) is 40.6 Å². The summed E-state index contributed by atoms with van der Waals surface area (Å²) < 4.78 is 23.8. The molecule has 5 heteroatoms. The molecule has 0 aromatic heterocycles. The number of hydrogen-bond acceptors (Lipinski definition) is 4. The third kappa shape index (κ3) is 2.84. The van der Waals surface area contributed by atoms with E-state index in [1.807, 2.05) is 19.1 Å². The van der Waals surface area contributed by atoms with E-state index in [-0.39, 0.29) is 0 Å². The second-order valence-corrected chi connectivity index (χ2v) is 7.02. The molecule has 100 valence electrons. The van der Waals surface area contributed by atoms with Crippen LogP contribution in [0.25, 0.3) is 0 Å². The fraction of sp³-hybridized carbons (Fsp3) is 0.538. The molecule has 1 aliphatic rings. The minimum Gasteiger partial charge on any atom is -0.368 e. The van der Waals surface area contributed by atoms with Gasteiger partial charge < -0.3 is 9.80 Å². The monoisotopic (exact) mass is 268 g/mol. The van der Waals surface area contributed by atoms with Crippen LogP contribution in [0.5, 0.6) is 0 Å². The maximum atomic E-state index is 11.9. The van der Waals surface area contributed by atoms with Gasteiger partial charge in [-0.1, -0.05) is 6.07 Å². The van der Waals surface area contributed by atoms with E-state index in [0.29, 0.717) is 4.90 Å². The zero-order valence-corrected chi connectivity index (χ0v) is 12.0. The lowest BCUT2D eigenvalue weighted by Crippen LogP contribution is -2.44. The smallest absolute Gasteiger partial charge is 0.177 e. The van der Waals surface area contributed by atoms with Gasteiger partial charge in [-0.3, -0.25) is 0 Å². The predicted octanol–water partition coefficient (Wildman–Crippen LogP) is 1.15. The summed E-state index contributed by atoms with van der Waals surface area (Å²) >= 11 is 0. The first-order chi connectivity index (χ1) is 8.38. The number of anilines is 1. The molecule has 1 heterocycles. The average molecular weight is 268 g/mol. The average Bonchev–Trinajstić information content (AvgIpc) is 2.29. The molecule has 1 aliphatic heterocycles. The Hall–Kier alpha value is -1.07. The van der Waals surface area contributed by atoms with Gasteiger partial charge in [0.1, 0.15) is 0 Å². The van der Waals surface area contributed by atoms with Crippen molar-refractivity contribution < 1.29 is 8.42 Å². The molecule has 1 saturated heterocycles. The van der Waals surface area contributed by atoms with Crippen LogP contribution >= 0.6 is 0 Å². The van der Waals surface area contributed by atoms with E-state index in [2.05, 4.69) is 16.8 Å². The number of benzene rings is 1. The van der Waals surface area contributed by atoms with Crippen LogP contribution in [-0.4, -0.2) is 52.8 Å². The Morgan fingerprint density at radius 2 is 1.72 bits per heavy atom. The third-order valence-corrected chi connectivity index (χ3v) is 4.48. The lowest BCUT2D eigenvalue weighted by molar-refractivity contribution is 0.312. The molecule has 0 unspecified atom stereocenters. The Balaban J connectivity index is 2.39. The van der Waals surface area contributed by atoms with Crippen molar-refractivity contribution in [3.8, 4) is 0 Å². The van der Waals surface area contributed by atoms with Crippen LogP contribution < -0.4 is 4.90 Å². The standard InChI is InChI=1S/C13H20N2O2S/c1-11-4-5-12(13(10-11)18(3,16)17)15-8-6-14(2)7-9-15/h4-5,10H,6-9H2,1-3H3. The molecule has 0 amide bonds. The number of aryl methyl sites for hydroxylation is 1. The quantitative estimate of drug-likeness (QED) is 0.807. The van der Waals surface area contributed by atoms with Gasteiger partial charge in [0.25, 0.3) is 0 Å². The van der Waals surface area contributed by atoms with E-state index in [9.17, 15) is 8.42 Å². The molecule has 0 bridgehead atoms. The van der Waals surface area contributed by atoms with Crippen molar-refractivity contribution in [1.82, 2.24) is 4.90 Å². The number of likely N-dealkylation sites (N-methyl/N-ethyl adjacent to an activating group) is 1. The summed E-state index contributed by atoms with van der Waals surface area (Å²) in [6.07, 6.45) is 1.28. The maximum absolute atomic E-state index is 11.9. The van der Waals surface area contributed by atoms with Crippen LogP contribution in [0.4, 0.5) is 5.69 Å². The first-order valence-electron chi connectivity index (χ1n) is 6.12.